The van der Waals surface area contributed by atoms with E-state index in [0.717, 1.165) is 18.4 Å². The molecule has 1 rings (SSSR count). The lowest BCUT2D eigenvalue weighted by atomic mass is 10.2. The Kier molecular flexibility index (Phi) is 6.31. The van der Waals surface area contributed by atoms with E-state index in [0.29, 0.717) is 25.2 Å². The van der Waals surface area contributed by atoms with Gasteiger partial charge in [0.05, 0.1) is 5.75 Å². The van der Waals surface area contributed by atoms with Crippen LogP contribution in [-0.2, 0) is 16.6 Å². The van der Waals surface area contributed by atoms with E-state index in [1.165, 1.54) is 0 Å². The van der Waals surface area contributed by atoms with E-state index in [4.69, 9.17) is 5.73 Å². The van der Waals surface area contributed by atoms with E-state index in [9.17, 15) is 8.42 Å². The molecule has 1 aromatic rings. The molecule has 0 aromatic heterocycles. The quantitative estimate of drug-likeness (QED) is 0.746. The van der Waals surface area contributed by atoms with Crippen LogP contribution in [0, 0.1) is 0 Å². The molecule has 5 heteroatoms. The van der Waals surface area contributed by atoms with Crippen LogP contribution in [-0.4, -0.2) is 25.0 Å². The van der Waals surface area contributed by atoms with E-state index in [1.807, 2.05) is 32.0 Å². The van der Waals surface area contributed by atoms with Crippen molar-refractivity contribution in [2.75, 3.05) is 18.0 Å². The Balaban J connectivity index is 2.83. The number of nitrogens with two attached hydrogens (primary N) is 1. The maximum Gasteiger partial charge on any atom is 0.214 e. The van der Waals surface area contributed by atoms with Gasteiger partial charge in [0.25, 0.3) is 0 Å². The standard InChI is InChI=1S/C14H24N2O2S/c1-3-5-10-19(17,18)16(9-4-2)12-13-7-6-8-14(15)11-13/h6-8,11H,3-5,9-10,12,15H2,1-2H3. The van der Waals surface area contributed by atoms with E-state index in [-0.39, 0.29) is 5.75 Å². The maximum absolute atomic E-state index is 12.3. The fraction of sp³-hybridized carbons (Fsp3) is 0.571. The number of rotatable bonds is 8. The molecule has 0 fully saturated rings. The SMILES string of the molecule is CCCCS(=O)(=O)N(CCC)Cc1cccc(N)c1. The summed E-state index contributed by atoms with van der Waals surface area (Å²) in [4.78, 5) is 0. The van der Waals surface area contributed by atoms with Crippen LogP contribution in [0.5, 0.6) is 0 Å². The lowest BCUT2D eigenvalue weighted by Crippen LogP contribution is -2.33. The van der Waals surface area contributed by atoms with Gasteiger partial charge in [-0.05, 0) is 30.5 Å². The largest absolute Gasteiger partial charge is 0.399 e. The van der Waals surface area contributed by atoms with Gasteiger partial charge in [0.2, 0.25) is 10.0 Å². The van der Waals surface area contributed by atoms with E-state index >= 15 is 0 Å². The van der Waals surface area contributed by atoms with Gasteiger partial charge in [0.15, 0.2) is 0 Å². The lowest BCUT2D eigenvalue weighted by Gasteiger charge is -2.21. The first-order valence-corrected chi connectivity index (χ1v) is 8.42. The van der Waals surface area contributed by atoms with Crippen molar-refractivity contribution in [3.8, 4) is 0 Å². The monoisotopic (exact) mass is 284 g/mol. The number of hydrogen-bond acceptors (Lipinski definition) is 3. The van der Waals surface area contributed by atoms with Gasteiger partial charge in [-0.3, -0.25) is 0 Å². The maximum atomic E-state index is 12.3. The number of hydrogen-bond donors (Lipinski definition) is 1. The Hall–Kier alpha value is -1.07. The Morgan fingerprint density at radius 2 is 1.95 bits per heavy atom. The molecule has 0 heterocycles. The second-order valence-corrected chi connectivity index (χ2v) is 6.84. The number of nitrogen functional groups attached to an aromatic ring is 1. The van der Waals surface area contributed by atoms with Gasteiger partial charge in [-0.1, -0.05) is 32.4 Å². The number of benzene rings is 1. The summed E-state index contributed by atoms with van der Waals surface area (Å²) in [6, 6.07) is 7.40. The predicted octanol–water partition coefficient (Wildman–Crippen LogP) is 2.61. The van der Waals surface area contributed by atoms with Gasteiger partial charge in [-0.25, -0.2) is 8.42 Å². The van der Waals surface area contributed by atoms with Crippen LogP contribution in [0.3, 0.4) is 0 Å². The highest BCUT2D eigenvalue weighted by Crippen LogP contribution is 2.14. The third kappa shape index (κ3) is 5.20. The summed E-state index contributed by atoms with van der Waals surface area (Å²) in [6.07, 6.45) is 2.41. The van der Waals surface area contributed by atoms with Crippen molar-refractivity contribution in [2.45, 2.75) is 39.7 Å². The average Bonchev–Trinajstić information content (AvgIpc) is 2.36. The molecule has 0 aliphatic heterocycles. The third-order valence-corrected chi connectivity index (χ3v) is 4.84. The lowest BCUT2D eigenvalue weighted by molar-refractivity contribution is 0.405. The van der Waals surface area contributed by atoms with E-state index in [1.54, 1.807) is 10.4 Å². The van der Waals surface area contributed by atoms with Crippen LogP contribution in [0.1, 0.15) is 38.7 Å². The zero-order chi connectivity index (χ0) is 14.3. The van der Waals surface area contributed by atoms with Crippen LogP contribution in [0.4, 0.5) is 5.69 Å². The second kappa shape index (κ2) is 7.50. The molecule has 0 saturated carbocycles. The minimum atomic E-state index is -3.17. The first-order chi connectivity index (χ1) is 8.99. The molecule has 19 heavy (non-hydrogen) atoms. The van der Waals surface area contributed by atoms with Crippen LogP contribution in [0.15, 0.2) is 24.3 Å². The first kappa shape index (κ1) is 16.0. The molecule has 0 radical (unpaired) electrons. The van der Waals surface area contributed by atoms with Crippen molar-refractivity contribution >= 4 is 15.7 Å². The summed E-state index contributed by atoms with van der Waals surface area (Å²) < 4.78 is 26.1. The van der Waals surface area contributed by atoms with Gasteiger partial charge < -0.3 is 5.73 Å². The number of unbranched alkanes of at least 4 members (excludes halogenated alkanes) is 1. The highest BCUT2D eigenvalue weighted by molar-refractivity contribution is 7.89. The van der Waals surface area contributed by atoms with Crippen LogP contribution < -0.4 is 5.73 Å². The Morgan fingerprint density at radius 1 is 1.21 bits per heavy atom. The minimum Gasteiger partial charge on any atom is -0.399 e. The summed E-state index contributed by atoms with van der Waals surface area (Å²) in [5, 5.41) is 0. The van der Waals surface area contributed by atoms with Gasteiger partial charge in [0, 0.05) is 18.8 Å². The highest BCUT2D eigenvalue weighted by Gasteiger charge is 2.20. The van der Waals surface area contributed by atoms with Crippen molar-refractivity contribution in [3.63, 3.8) is 0 Å². The fourth-order valence-corrected chi connectivity index (χ4v) is 3.64. The summed E-state index contributed by atoms with van der Waals surface area (Å²) in [7, 11) is -3.17. The molecule has 108 valence electrons. The molecule has 0 amide bonds. The molecular weight excluding hydrogens is 260 g/mol. The number of nitrogens with zero attached hydrogens (tertiary/aromatic N) is 1. The summed E-state index contributed by atoms with van der Waals surface area (Å²) in [5.41, 5.74) is 7.33. The fourth-order valence-electron chi connectivity index (χ4n) is 1.92. The molecule has 0 atom stereocenters. The van der Waals surface area contributed by atoms with Gasteiger partial charge >= 0.3 is 0 Å². The topological polar surface area (TPSA) is 63.4 Å². The van der Waals surface area contributed by atoms with Crippen LogP contribution >= 0.6 is 0 Å². The highest BCUT2D eigenvalue weighted by atomic mass is 32.2. The van der Waals surface area contributed by atoms with Gasteiger partial charge in [0.1, 0.15) is 0 Å². The Labute approximate surface area is 116 Å². The molecule has 0 saturated heterocycles. The van der Waals surface area contributed by atoms with Crippen molar-refractivity contribution in [1.29, 1.82) is 0 Å². The zero-order valence-electron chi connectivity index (χ0n) is 11.8. The molecule has 0 aliphatic rings. The Morgan fingerprint density at radius 3 is 2.53 bits per heavy atom. The van der Waals surface area contributed by atoms with Crippen molar-refractivity contribution in [3.05, 3.63) is 29.8 Å². The van der Waals surface area contributed by atoms with Crippen molar-refractivity contribution in [1.82, 2.24) is 4.31 Å². The van der Waals surface area contributed by atoms with E-state index < -0.39 is 10.0 Å². The van der Waals surface area contributed by atoms with Crippen molar-refractivity contribution in [2.24, 2.45) is 0 Å². The van der Waals surface area contributed by atoms with Crippen LogP contribution in [0.25, 0.3) is 0 Å². The Bertz CT molecular complexity index is 486. The molecule has 0 unspecified atom stereocenters. The molecule has 1 aromatic carbocycles. The third-order valence-electron chi connectivity index (χ3n) is 2.93. The second-order valence-electron chi connectivity index (χ2n) is 4.75. The smallest absolute Gasteiger partial charge is 0.214 e. The average molecular weight is 284 g/mol. The first-order valence-electron chi connectivity index (χ1n) is 6.81. The molecule has 0 spiro atoms. The molecule has 4 nitrogen and oxygen atoms in total. The van der Waals surface area contributed by atoms with Gasteiger partial charge in [-0.2, -0.15) is 4.31 Å². The van der Waals surface area contributed by atoms with Gasteiger partial charge in [-0.15, -0.1) is 0 Å². The normalized spacial score (nSPS) is 11.9. The predicted molar refractivity (Wildman–Crippen MR) is 80.3 cm³/mol. The number of anilines is 1. The summed E-state index contributed by atoms with van der Waals surface area (Å²) >= 11 is 0. The molecule has 0 aliphatic carbocycles. The zero-order valence-corrected chi connectivity index (χ0v) is 12.6. The van der Waals surface area contributed by atoms with Crippen molar-refractivity contribution < 1.29 is 8.42 Å². The minimum absolute atomic E-state index is 0.228. The van der Waals surface area contributed by atoms with Crippen LogP contribution in [0.2, 0.25) is 0 Å². The number of sulfonamides is 1. The molecular formula is C14H24N2O2S. The molecule has 2 N–H and O–H groups in total. The van der Waals surface area contributed by atoms with E-state index in [2.05, 4.69) is 0 Å². The summed E-state index contributed by atoms with van der Waals surface area (Å²) in [6.45, 7) is 4.95. The molecule has 0 bridgehead atoms. The summed E-state index contributed by atoms with van der Waals surface area (Å²) in [5.74, 6) is 0.228.